The molecule has 2 amide bonds. The summed E-state index contributed by atoms with van der Waals surface area (Å²) in [6.07, 6.45) is 6.95. The molecule has 0 saturated heterocycles. The van der Waals surface area contributed by atoms with Crippen molar-refractivity contribution in [2.24, 2.45) is 0 Å². The molecule has 2 aromatic rings. The molecule has 2 heterocycles. The van der Waals surface area contributed by atoms with Crippen molar-refractivity contribution < 1.29 is 4.79 Å². The van der Waals surface area contributed by atoms with Crippen molar-refractivity contribution in [2.75, 3.05) is 0 Å². The maximum atomic E-state index is 11.6. The van der Waals surface area contributed by atoms with Gasteiger partial charge < -0.3 is 15.2 Å². The Bertz CT molecular complexity index is 464. The summed E-state index contributed by atoms with van der Waals surface area (Å²) in [6, 6.07) is 1.65. The molecule has 1 atom stereocenters. The second-order valence-electron chi connectivity index (χ2n) is 4.07. The van der Waals surface area contributed by atoms with Crippen LogP contribution in [0.25, 0.3) is 0 Å². The Morgan fingerprint density at radius 1 is 1.56 bits per heavy atom. The minimum atomic E-state index is -0.197. The lowest BCUT2D eigenvalue weighted by atomic mass is 10.3. The van der Waals surface area contributed by atoms with Gasteiger partial charge in [-0.05, 0) is 13.0 Å². The van der Waals surface area contributed by atoms with Crippen LogP contribution in [-0.2, 0) is 13.1 Å². The van der Waals surface area contributed by atoms with Crippen molar-refractivity contribution >= 4 is 6.03 Å². The van der Waals surface area contributed by atoms with Crippen molar-refractivity contribution in [1.29, 1.82) is 0 Å². The lowest BCUT2D eigenvalue weighted by Crippen LogP contribution is -2.42. The molecule has 0 spiro atoms. The third-order valence-electron chi connectivity index (χ3n) is 2.42. The van der Waals surface area contributed by atoms with Gasteiger partial charge in [0.15, 0.2) is 0 Å². The van der Waals surface area contributed by atoms with Crippen molar-refractivity contribution in [3.05, 3.63) is 36.7 Å². The fraction of sp³-hybridized carbons (Fsp3) is 0.364. The first-order valence-corrected chi connectivity index (χ1v) is 5.72. The Hall–Kier alpha value is -2.31. The van der Waals surface area contributed by atoms with Crippen LogP contribution >= 0.6 is 0 Å². The zero-order valence-corrected chi connectivity index (χ0v) is 10.1. The van der Waals surface area contributed by atoms with Crippen LogP contribution in [0.2, 0.25) is 0 Å². The fourth-order valence-corrected chi connectivity index (χ4v) is 1.59. The summed E-state index contributed by atoms with van der Waals surface area (Å²) in [6.45, 7) is 3.07. The van der Waals surface area contributed by atoms with Crippen LogP contribution in [0.5, 0.6) is 0 Å². The van der Waals surface area contributed by atoms with E-state index in [2.05, 4.69) is 25.8 Å². The van der Waals surface area contributed by atoms with E-state index in [0.717, 1.165) is 5.69 Å². The maximum Gasteiger partial charge on any atom is 0.315 e. The van der Waals surface area contributed by atoms with E-state index < -0.39 is 0 Å². The number of hydrogen-bond donors (Lipinski definition) is 3. The molecule has 0 aromatic carbocycles. The van der Waals surface area contributed by atoms with Gasteiger partial charge >= 0.3 is 6.03 Å². The zero-order valence-electron chi connectivity index (χ0n) is 10.1. The number of nitrogens with one attached hydrogen (secondary N) is 3. The molecule has 0 radical (unpaired) electrons. The first-order chi connectivity index (χ1) is 8.74. The van der Waals surface area contributed by atoms with Crippen LogP contribution < -0.4 is 10.6 Å². The minimum absolute atomic E-state index is 0.0287. The third-order valence-corrected chi connectivity index (χ3v) is 2.42. The molecule has 0 aliphatic heterocycles. The number of aromatic amines is 1. The van der Waals surface area contributed by atoms with E-state index in [-0.39, 0.29) is 12.1 Å². The SMILES string of the molecule is C[C@H](Cn1ccnc1)NC(=O)NCc1ccn[nH]1. The van der Waals surface area contributed by atoms with Crippen molar-refractivity contribution in [3.63, 3.8) is 0 Å². The van der Waals surface area contributed by atoms with Crippen LogP contribution in [0, 0.1) is 0 Å². The summed E-state index contributed by atoms with van der Waals surface area (Å²) >= 11 is 0. The van der Waals surface area contributed by atoms with E-state index in [1.807, 2.05) is 23.8 Å². The highest BCUT2D eigenvalue weighted by atomic mass is 16.2. The van der Waals surface area contributed by atoms with Gasteiger partial charge in [-0.15, -0.1) is 0 Å². The summed E-state index contributed by atoms with van der Waals surface area (Å²) < 4.78 is 1.92. The molecule has 2 rings (SSSR count). The molecule has 0 fully saturated rings. The van der Waals surface area contributed by atoms with Gasteiger partial charge in [0.25, 0.3) is 0 Å². The molecule has 3 N–H and O–H groups in total. The lowest BCUT2D eigenvalue weighted by Gasteiger charge is -2.14. The number of carbonyl (C=O) groups is 1. The Morgan fingerprint density at radius 3 is 3.11 bits per heavy atom. The first-order valence-electron chi connectivity index (χ1n) is 5.72. The fourth-order valence-electron chi connectivity index (χ4n) is 1.59. The molecule has 96 valence electrons. The van der Waals surface area contributed by atoms with E-state index in [1.54, 1.807) is 18.7 Å². The summed E-state index contributed by atoms with van der Waals surface area (Å²) in [5.74, 6) is 0. The summed E-state index contributed by atoms with van der Waals surface area (Å²) in [7, 11) is 0. The van der Waals surface area contributed by atoms with Crippen LogP contribution in [0.4, 0.5) is 4.79 Å². The van der Waals surface area contributed by atoms with Crippen LogP contribution in [-0.4, -0.2) is 31.8 Å². The molecule has 0 saturated carbocycles. The standard InChI is InChI=1S/C11H16N6O/c1-9(7-17-5-4-12-8-17)15-11(18)13-6-10-2-3-14-16-10/h2-5,8-9H,6-7H2,1H3,(H,14,16)(H2,13,15,18)/t9-/m1/s1. The highest BCUT2D eigenvalue weighted by Crippen LogP contribution is 1.93. The van der Waals surface area contributed by atoms with E-state index in [0.29, 0.717) is 13.1 Å². The van der Waals surface area contributed by atoms with E-state index >= 15 is 0 Å². The second kappa shape index (κ2) is 5.85. The van der Waals surface area contributed by atoms with Crippen molar-refractivity contribution in [3.8, 4) is 0 Å². The van der Waals surface area contributed by atoms with Gasteiger partial charge in [-0.2, -0.15) is 5.10 Å². The van der Waals surface area contributed by atoms with Gasteiger partial charge in [-0.1, -0.05) is 0 Å². The Balaban J connectivity index is 1.70. The molecular weight excluding hydrogens is 232 g/mol. The second-order valence-corrected chi connectivity index (χ2v) is 4.07. The van der Waals surface area contributed by atoms with Crippen LogP contribution in [0.1, 0.15) is 12.6 Å². The normalized spacial score (nSPS) is 12.1. The number of hydrogen-bond acceptors (Lipinski definition) is 3. The highest BCUT2D eigenvalue weighted by molar-refractivity contribution is 5.74. The average Bonchev–Trinajstić information content (AvgIpc) is 2.98. The van der Waals surface area contributed by atoms with Crippen LogP contribution in [0.3, 0.4) is 0 Å². The molecule has 0 aliphatic carbocycles. The third kappa shape index (κ3) is 3.62. The van der Waals surface area contributed by atoms with Crippen molar-refractivity contribution in [1.82, 2.24) is 30.4 Å². The number of amides is 2. The summed E-state index contributed by atoms with van der Waals surface area (Å²) in [5.41, 5.74) is 0.868. The van der Waals surface area contributed by atoms with Gasteiger partial charge in [0.05, 0.1) is 18.6 Å². The number of H-pyrrole nitrogens is 1. The summed E-state index contributed by atoms with van der Waals surface area (Å²) in [4.78, 5) is 15.5. The number of imidazole rings is 1. The Morgan fingerprint density at radius 2 is 2.44 bits per heavy atom. The molecule has 2 aromatic heterocycles. The van der Waals surface area contributed by atoms with Gasteiger partial charge in [0.1, 0.15) is 0 Å². The quantitative estimate of drug-likeness (QED) is 0.719. The average molecular weight is 248 g/mol. The Kier molecular flexibility index (Phi) is 3.95. The topological polar surface area (TPSA) is 87.6 Å². The van der Waals surface area contributed by atoms with E-state index in [1.165, 1.54) is 0 Å². The molecule has 7 heteroatoms. The maximum absolute atomic E-state index is 11.6. The van der Waals surface area contributed by atoms with Crippen molar-refractivity contribution in [2.45, 2.75) is 26.1 Å². The lowest BCUT2D eigenvalue weighted by molar-refractivity contribution is 0.236. The molecule has 0 aliphatic rings. The first kappa shape index (κ1) is 12.2. The molecule has 18 heavy (non-hydrogen) atoms. The number of aromatic nitrogens is 4. The predicted octanol–water partition coefficient (Wildman–Crippen LogP) is 0.494. The number of urea groups is 1. The van der Waals surface area contributed by atoms with Crippen LogP contribution in [0.15, 0.2) is 31.0 Å². The zero-order chi connectivity index (χ0) is 12.8. The van der Waals surface area contributed by atoms with Gasteiger partial charge in [-0.3, -0.25) is 5.10 Å². The number of nitrogens with zero attached hydrogens (tertiary/aromatic N) is 3. The molecule has 7 nitrogen and oxygen atoms in total. The Labute approximate surface area is 105 Å². The van der Waals surface area contributed by atoms with Gasteiger partial charge in [-0.25, -0.2) is 9.78 Å². The smallest absolute Gasteiger partial charge is 0.315 e. The largest absolute Gasteiger partial charge is 0.335 e. The summed E-state index contributed by atoms with van der Waals surface area (Å²) in [5, 5.41) is 12.2. The minimum Gasteiger partial charge on any atom is -0.335 e. The molecule has 0 bridgehead atoms. The highest BCUT2D eigenvalue weighted by Gasteiger charge is 2.07. The monoisotopic (exact) mass is 248 g/mol. The van der Waals surface area contributed by atoms with E-state index in [4.69, 9.17) is 0 Å². The predicted molar refractivity (Wildman–Crippen MR) is 65.6 cm³/mol. The molecular formula is C11H16N6O. The van der Waals surface area contributed by atoms with Gasteiger partial charge in [0, 0.05) is 31.2 Å². The molecule has 0 unspecified atom stereocenters. The number of carbonyl (C=O) groups excluding carboxylic acids is 1. The van der Waals surface area contributed by atoms with Gasteiger partial charge in [0.2, 0.25) is 0 Å². The van der Waals surface area contributed by atoms with E-state index in [9.17, 15) is 4.79 Å². The number of rotatable bonds is 5.